The Morgan fingerprint density at radius 1 is 1.62 bits per heavy atom. The van der Waals surface area contributed by atoms with Crippen molar-refractivity contribution in [3.63, 3.8) is 0 Å². The van der Waals surface area contributed by atoms with E-state index in [9.17, 15) is 8.78 Å². The average molecular weight is 250 g/mol. The van der Waals surface area contributed by atoms with Gasteiger partial charge in [0.2, 0.25) is 0 Å². The molecule has 1 heterocycles. The molecule has 0 saturated heterocycles. The molecule has 0 aliphatic rings. The molecule has 0 aliphatic carbocycles. The maximum absolute atomic E-state index is 12.4. The fourth-order valence-electron chi connectivity index (χ4n) is 0.981. The highest BCUT2D eigenvalue weighted by Crippen LogP contribution is 2.32. The van der Waals surface area contributed by atoms with Gasteiger partial charge in [-0.15, -0.1) is 5.11 Å². The molecule has 1 N–H and O–H groups in total. The number of halogens is 3. The molecule has 3 nitrogen and oxygen atoms in total. The van der Waals surface area contributed by atoms with Gasteiger partial charge in [0.05, 0.1) is 5.56 Å². The molecule has 0 bridgehead atoms. The molecule has 0 fully saturated rings. The molecule has 13 heavy (non-hydrogen) atoms. The largest absolute Gasteiger partial charge is 0.267 e. The number of nitrogens with zero attached hydrogens (tertiary/aromatic N) is 2. The highest BCUT2D eigenvalue weighted by molar-refractivity contribution is 9.10. The summed E-state index contributed by atoms with van der Waals surface area (Å²) < 4.78 is 25.2. The second-order valence-electron chi connectivity index (χ2n) is 2.41. The monoisotopic (exact) mass is 249 g/mol. The molecule has 0 radical (unpaired) electrons. The lowest BCUT2D eigenvalue weighted by atomic mass is 10.1. The molecule has 1 aromatic heterocycles. The summed E-state index contributed by atoms with van der Waals surface area (Å²) in [4.78, 5) is 3.66. The Morgan fingerprint density at radius 3 is 2.69 bits per heavy atom. The highest BCUT2D eigenvalue weighted by Gasteiger charge is 2.17. The minimum atomic E-state index is -2.65. The Hall–Kier alpha value is -0.910. The lowest BCUT2D eigenvalue weighted by Crippen LogP contribution is -1.93. The van der Waals surface area contributed by atoms with Gasteiger partial charge < -0.3 is 0 Å². The number of hydrogen-bond donors (Lipinski definition) is 1. The molecule has 0 atom stereocenters. The van der Waals surface area contributed by atoms with E-state index in [1.54, 1.807) is 0 Å². The van der Waals surface area contributed by atoms with Gasteiger partial charge in [0.25, 0.3) is 6.43 Å². The van der Waals surface area contributed by atoms with Crippen molar-refractivity contribution in [2.45, 2.75) is 13.3 Å². The van der Waals surface area contributed by atoms with E-state index in [-0.39, 0.29) is 11.4 Å². The van der Waals surface area contributed by atoms with E-state index in [2.05, 4.69) is 26.0 Å². The van der Waals surface area contributed by atoms with Gasteiger partial charge in [0.1, 0.15) is 4.60 Å². The summed E-state index contributed by atoms with van der Waals surface area (Å²) in [7, 11) is 0. The lowest BCUT2D eigenvalue weighted by molar-refractivity contribution is 0.150. The number of aryl methyl sites for hydroxylation is 1. The Kier molecular flexibility index (Phi) is 3.02. The quantitative estimate of drug-likeness (QED) is 0.630. The summed E-state index contributed by atoms with van der Waals surface area (Å²) in [5, 5.41) is 2.94. The fourth-order valence-corrected chi connectivity index (χ4v) is 1.49. The van der Waals surface area contributed by atoms with Gasteiger partial charge in [-0.25, -0.2) is 19.3 Å². The smallest absolute Gasteiger partial charge is 0.220 e. The van der Waals surface area contributed by atoms with Crippen molar-refractivity contribution in [1.29, 1.82) is 5.53 Å². The van der Waals surface area contributed by atoms with E-state index in [1.165, 1.54) is 13.0 Å². The Morgan fingerprint density at radius 2 is 2.23 bits per heavy atom. The van der Waals surface area contributed by atoms with Gasteiger partial charge in [-0.05, 0) is 34.5 Å². The van der Waals surface area contributed by atoms with Crippen LogP contribution in [-0.2, 0) is 0 Å². The van der Waals surface area contributed by atoms with Crippen LogP contribution >= 0.6 is 15.9 Å². The van der Waals surface area contributed by atoms with Gasteiger partial charge in [-0.2, -0.15) is 0 Å². The summed E-state index contributed by atoms with van der Waals surface area (Å²) in [6.45, 7) is 1.53. The zero-order valence-electron chi connectivity index (χ0n) is 6.68. The first-order valence-corrected chi connectivity index (χ1v) is 4.18. The SMILES string of the molecule is Cc1cc(Br)nc(N=N)c1C(F)F. The van der Waals surface area contributed by atoms with Crippen LogP contribution in [-0.4, -0.2) is 4.98 Å². The molecule has 0 spiro atoms. The zero-order valence-corrected chi connectivity index (χ0v) is 8.27. The average Bonchev–Trinajstić information content (AvgIpc) is 2.01. The lowest BCUT2D eigenvalue weighted by Gasteiger charge is -2.06. The number of pyridine rings is 1. The van der Waals surface area contributed by atoms with Crippen molar-refractivity contribution in [3.05, 3.63) is 21.8 Å². The molecule has 0 aromatic carbocycles. The molecule has 0 saturated carbocycles. The second-order valence-corrected chi connectivity index (χ2v) is 3.22. The van der Waals surface area contributed by atoms with Crippen LogP contribution < -0.4 is 0 Å². The second kappa shape index (κ2) is 3.87. The van der Waals surface area contributed by atoms with Crippen LogP contribution in [0, 0.1) is 12.5 Å². The zero-order chi connectivity index (χ0) is 10.0. The highest BCUT2D eigenvalue weighted by atomic mass is 79.9. The number of alkyl halides is 2. The van der Waals surface area contributed by atoms with Crippen molar-refractivity contribution < 1.29 is 8.78 Å². The third kappa shape index (κ3) is 2.06. The molecule has 0 amide bonds. The standard InChI is InChI=1S/C7H6BrF2N3/c1-3-2-4(8)12-7(13-11)5(3)6(9)10/h2,6,11H,1H3. The molecular weight excluding hydrogens is 244 g/mol. The van der Waals surface area contributed by atoms with Crippen molar-refractivity contribution in [2.24, 2.45) is 5.11 Å². The van der Waals surface area contributed by atoms with Crippen molar-refractivity contribution >= 4 is 21.7 Å². The van der Waals surface area contributed by atoms with Crippen LogP contribution in [0.15, 0.2) is 15.8 Å². The molecule has 1 rings (SSSR count). The van der Waals surface area contributed by atoms with Gasteiger partial charge in [-0.1, -0.05) is 0 Å². The van der Waals surface area contributed by atoms with E-state index in [0.717, 1.165) is 0 Å². The van der Waals surface area contributed by atoms with Crippen molar-refractivity contribution in [2.75, 3.05) is 0 Å². The third-order valence-corrected chi connectivity index (χ3v) is 1.94. The number of hydrogen-bond acceptors (Lipinski definition) is 3. The van der Waals surface area contributed by atoms with Crippen LogP contribution in [0.25, 0.3) is 0 Å². The maximum Gasteiger partial charge on any atom is 0.267 e. The van der Waals surface area contributed by atoms with Crippen LogP contribution in [0.5, 0.6) is 0 Å². The summed E-state index contributed by atoms with van der Waals surface area (Å²) in [5.74, 6) is -0.234. The van der Waals surface area contributed by atoms with E-state index in [0.29, 0.717) is 10.2 Å². The van der Waals surface area contributed by atoms with E-state index >= 15 is 0 Å². The molecule has 1 aromatic rings. The molecular formula is C7H6BrF2N3. The number of aromatic nitrogens is 1. The molecule has 6 heteroatoms. The van der Waals surface area contributed by atoms with Crippen molar-refractivity contribution in [3.8, 4) is 0 Å². The summed E-state index contributed by atoms with van der Waals surface area (Å²) in [6.07, 6.45) is -2.65. The minimum Gasteiger partial charge on any atom is -0.220 e. The predicted octanol–water partition coefficient (Wildman–Crippen LogP) is 3.75. The Labute approximate surface area is 81.8 Å². The van der Waals surface area contributed by atoms with Gasteiger partial charge >= 0.3 is 0 Å². The fraction of sp³-hybridized carbons (Fsp3) is 0.286. The van der Waals surface area contributed by atoms with E-state index in [1.807, 2.05) is 0 Å². The minimum absolute atomic E-state index is 0.234. The topological polar surface area (TPSA) is 49.1 Å². The van der Waals surface area contributed by atoms with Crippen molar-refractivity contribution in [1.82, 2.24) is 4.98 Å². The number of nitrogens with one attached hydrogen (secondary N) is 1. The first-order chi connectivity index (χ1) is 6.06. The number of rotatable bonds is 2. The summed E-state index contributed by atoms with van der Waals surface area (Å²) in [6, 6.07) is 1.47. The first-order valence-electron chi connectivity index (χ1n) is 3.39. The van der Waals surface area contributed by atoms with Crippen LogP contribution in [0.2, 0.25) is 0 Å². The first kappa shape index (κ1) is 10.2. The van der Waals surface area contributed by atoms with Crippen LogP contribution in [0.4, 0.5) is 14.6 Å². The Bertz CT molecular complexity index is 341. The molecule has 70 valence electrons. The summed E-state index contributed by atoms with van der Waals surface area (Å²) in [5.41, 5.74) is 6.78. The van der Waals surface area contributed by atoms with Crippen LogP contribution in [0.3, 0.4) is 0 Å². The predicted molar refractivity (Wildman–Crippen MR) is 46.4 cm³/mol. The summed E-state index contributed by atoms with van der Waals surface area (Å²) >= 11 is 3.04. The van der Waals surface area contributed by atoms with E-state index in [4.69, 9.17) is 5.53 Å². The van der Waals surface area contributed by atoms with Gasteiger partial charge in [0.15, 0.2) is 5.82 Å². The Balaban J connectivity index is 3.38. The van der Waals surface area contributed by atoms with Gasteiger partial charge in [0, 0.05) is 0 Å². The maximum atomic E-state index is 12.4. The third-order valence-electron chi connectivity index (χ3n) is 1.54. The van der Waals surface area contributed by atoms with Gasteiger partial charge in [-0.3, -0.25) is 0 Å². The van der Waals surface area contributed by atoms with E-state index < -0.39 is 6.43 Å². The molecule has 0 aliphatic heterocycles. The normalized spacial score (nSPS) is 10.5. The molecule has 0 unspecified atom stereocenters. The van der Waals surface area contributed by atoms with Crippen LogP contribution in [0.1, 0.15) is 17.6 Å².